The Morgan fingerprint density at radius 2 is 2.36 bits per heavy atom. The molecule has 0 spiro atoms. The van der Waals surface area contributed by atoms with Crippen LogP contribution in [0.5, 0.6) is 0 Å². The molecular formula is C9H11ClN4. The lowest BCUT2D eigenvalue weighted by molar-refractivity contribution is 0.379. The Bertz CT molecular complexity index is 342. The number of rotatable bonds is 1. The Morgan fingerprint density at radius 3 is 2.86 bits per heavy atom. The van der Waals surface area contributed by atoms with E-state index in [1.807, 2.05) is 6.07 Å². The molecule has 1 aromatic rings. The maximum atomic E-state index is 5.71. The lowest BCUT2D eigenvalue weighted by Gasteiger charge is -2.26. The normalized spacial score (nSPS) is 35.1. The van der Waals surface area contributed by atoms with Gasteiger partial charge in [-0.1, -0.05) is 11.6 Å². The molecule has 74 valence electrons. The second-order valence-corrected chi connectivity index (χ2v) is 4.37. The first-order valence-corrected chi connectivity index (χ1v) is 5.14. The minimum Gasteiger partial charge on any atom is -0.310 e. The van der Waals surface area contributed by atoms with Crippen LogP contribution in [0.4, 0.5) is 0 Å². The van der Waals surface area contributed by atoms with Gasteiger partial charge in [0.15, 0.2) is 5.15 Å². The van der Waals surface area contributed by atoms with E-state index < -0.39 is 0 Å². The van der Waals surface area contributed by atoms with Crippen molar-refractivity contribution >= 4 is 11.6 Å². The second kappa shape index (κ2) is 2.89. The van der Waals surface area contributed by atoms with Crippen LogP contribution in [0, 0.1) is 0 Å². The summed E-state index contributed by atoms with van der Waals surface area (Å²) in [5, 5.41) is 15.4. The van der Waals surface area contributed by atoms with Crippen molar-refractivity contribution in [3.8, 4) is 0 Å². The predicted molar refractivity (Wildman–Crippen MR) is 53.1 cm³/mol. The SMILES string of the molecule is Clc1ccc([C@]23CN[C@H](CN2)C3)nn1. The van der Waals surface area contributed by atoms with E-state index in [-0.39, 0.29) is 5.54 Å². The maximum Gasteiger partial charge on any atom is 0.151 e. The summed E-state index contributed by atoms with van der Waals surface area (Å²) in [6.45, 7) is 1.96. The lowest BCUT2D eigenvalue weighted by Crippen LogP contribution is -2.48. The fourth-order valence-electron chi connectivity index (χ4n) is 2.34. The molecule has 2 N–H and O–H groups in total. The number of nitrogens with one attached hydrogen (secondary N) is 2. The Balaban J connectivity index is 1.98. The Hall–Kier alpha value is -0.710. The molecule has 1 aromatic heterocycles. The highest BCUT2D eigenvalue weighted by Crippen LogP contribution is 2.33. The summed E-state index contributed by atoms with van der Waals surface area (Å²) in [4.78, 5) is 0. The zero-order chi connectivity index (χ0) is 9.60. The molecule has 2 aliphatic rings. The highest BCUT2D eigenvalue weighted by Gasteiger charge is 2.46. The van der Waals surface area contributed by atoms with E-state index in [0.717, 1.165) is 25.2 Å². The number of halogens is 1. The molecule has 2 bridgehead atoms. The molecule has 0 unspecified atom stereocenters. The molecule has 0 aliphatic carbocycles. The van der Waals surface area contributed by atoms with Crippen molar-refractivity contribution < 1.29 is 0 Å². The van der Waals surface area contributed by atoms with Crippen molar-refractivity contribution in [2.45, 2.75) is 18.0 Å². The largest absolute Gasteiger partial charge is 0.310 e. The van der Waals surface area contributed by atoms with Crippen LogP contribution in [0.2, 0.25) is 5.15 Å². The number of hydrogen-bond donors (Lipinski definition) is 2. The highest BCUT2D eigenvalue weighted by atomic mass is 35.5. The summed E-state index contributed by atoms with van der Waals surface area (Å²) < 4.78 is 0. The quantitative estimate of drug-likeness (QED) is 0.700. The lowest BCUT2D eigenvalue weighted by atomic mass is 9.95. The first-order valence-electron chi connectivity index (χ1n) is 4.77. The van der Waals surface area contributed by atoms with Crippen LogP contribution in [0.3, 0.4) is 0 Å². The van der Waals surface area contributed by atoms with Crippen LogP contribution in [0.15, 0.2) is 12.1 Å². The van der Waals surface area contributed by atoms with E-state index in [4.69, 9.17) is 11.6 Å². The molecular weight excluding hydrogens is 200 g/mol. The van der Waals surface area contributed by atoms with Gasteiger partial charge in [-0.25, -0.2) is 0 Å². The van der Waals surface area contributed by atoms with Crippen molar-refractivity contribution in [2.24, 2.45) is 0 Å². The van der Waals surface area contributed by atoms with Gasteiger partial charge in [0.2, 0.25) is 0 Å². The van der Waals surface area contributed by atoms with Gasteiger partial charge in [0.25, 0.3) is 0 Å². The number of piperazine rings is 1. The van der Waals surface area contributed by atoms with E-state index in [1.165, 1.54) is 0 Å². The van der Waals surface area contributed by atoms with Crippen molar-refractivity contribution in [1.82, 2.24) is 20.8 Å². The minimum absolute atomic E-state index is 0.00224. The van der Waals surface area contributed by atoms with Crippen LogP contribution in [0.25, 0.3) is 0 Å². The van der Waals surface area contributed by atoms with Crippen molar-refractivity contribution in [3.63, 3.8) is 0 Å². The number of nitrogens with zero attached hydrogens (tertiary/aromatic N) is 2. The molecule has 2 atom stereocenters. The van der Waals surface area contributed by atoms with Gasteiger partial charge in [0, 0.05) is 19.1 Å². The van der Waals surface area contributed by atoms with Crippen LogP contribution in [-0.4, -0.2) is 29.3 Å². The third kappa shape index (κ3) is 1.15. The predicted octanol–water partition coefficient (Wildman–Crippen LogP) is 0.290. The second-order valence-electron chi connectivity index (χ2n) is 3.99. The highest BCUT2D eigenvalue weighted by molar-refractivity contribution is 6.29. The van der Waals surface area contributed by atoms with E-state index in [0.29, 0.717) is 11.2 Å². The minimum atomic E-state index is 0.00224. The third-order valence-electron chi connectivity index (χ3n) is 3.10. The van der Waals surface area contributed by atoms with Gasteiger partial charge in [-0.15, -0.1) is 5.10 Å². The van der Waals surface area contributed by atoms with E-state index in [2.05, 4.69) is 20.8 Å². The van der Waals surface area contributed by atoms with Crippen LogP contribution in [-0.2, 0) is 5.54 Å². The molecule has 5 heteroatoms. The summed E-state index contributed by atoms with van der Waals surface area (Å²) in [5.74, 6) is 0. The Kier molecular flexibility index (Phi) is 1.77. The van der Waals surface area contributed by atoms with Crippen molar-refractivity contribution in [2.75, 3.05) is 13.1 Å². The van der Waals surface area contributed by atoms with Gasteiger partial charge in [-0.3, -0.25) is 0 Å². The van der Waals surface area contributed by atoms with Gasteiger partial charge in [-0.2, -0.15) is 5.10 Å². The van der Waals surface area contributed by atoms with Gasteiger partial charge in [-0.05, 0) is 18.6 Å². The van der Waals surface area contributed by atoms with Crippen LogP contribution in [0.1, 0.15) is 12.1 Å². The fraction of sp³-hybridized carbons (Fsp3) is 0.556. The van der Waals surface area contributed by atoms with E-state index in [1.54, 1.807) is 6.07 Å². The molecule has 3 heterocycles. The Labute approximate surface area is 87.1 Å². The average Bonchev–Trinajstić information content (AvgIpc) is 2.79. The van der Waals surface area contributed by atoms with E-state index in [9.17, 15) is 0 Å². The smallest absolute Gasteiger partial charge is 0.151 e. The summed E-state index contributed by atoms with van der Waals surface area (Å²) in [6.07, 6.45) is 1.10. The first kappa shape index (κ1) is 8.59. The number of aromatic nitrogens is 2. The van der Waals surface area contributed by atoms with Gasteiger partial charge in [0.05, 0.1) is 11.2 Å². The molecule has 0 amide bonds. The van der Waals surface area contributed by atoms with Crippen molar-refractivity contribution in [1.29, 1.82) is 0 Å². The van der Waals surface area contributed by atoms with Gasteiger partial charge >= 0.3 is 0 Å². The number of fused-ring (bicyclic) bond motifs is 2. The summed E-state index contributed by atoms with van der Waals surface area (Å²) >= 11 is 5.71. The monoisotopic (exact) mass is 210 g/mol. The van der Waals surface area contributed by atoms with Gasteiger partial charge in [0.1, 0.15) is 0 Å². The maximum absolute atomic E-state index is 5.71. The molecule has 0 aromatic carbocycles. The summed E-state index contributed by atoms with van der Waals surface area (Å²) in [6, 6.07) is 4.34. The molecule has 2 aliphatic heterocycles. The zero-order valence-electron chi connectivity index (χ0n) is 7.63. The van der Waals surface area contributed by atoms with Gasteiger partial charge < -0.3 is 10.6 Å². The summed E-state index contributed by atoms with van der Waals surface area (Å²) in [5.41, 5.74) is 0.997. The molecule has 4 nitrogen and oxygen atoms in total. The van der Waals surface area contributed by atoms with Crippen molar-refractivity contribution in [3.05, 3.63) is 23.0 Å². The standard InChI is InChI=1S/C9H11ClN4/c10-8-2-1-7(13-14-8)9-3-6(4-12-9)11-5-9/h1-2,6,11-12H,3-5H2/t6-,9-/m0/s1. The zero-order valence-corrected chi connectivity index (χ0v) is 8.38. The fourth-order valence-corrected chi connectivity index (χ4v) is 2.44. The first-order chi connectivity index (χ1) is 6.78. The third-order valence-corrected chi connectivity index (χ3v) is 3.30. The molecule has 14 heavy (non-hydrogen) atoms. The van der Waals surface area contributed by atoms with Crippen LogP contribution >= 0.6 is 11.6 Å². The van der Waals surface area contributed by atoms with E-state index >= 15 is 0 Å². The molecule has 0 radical (unpaired) electrons. The molecule has 0 saturated carbocycles. The molecule has 3 rings (SSSR count). The Morgan fingerprint density at radius 1 is 1.43 bits per heavy atom. The molecule has 2 saturated heterocycles. The number of hydrogen-bond acceptors (Lipinski definition) is 4. The topological polar surface area (TPSA) is 49.8 Å². The van der Waals surface area contributed by atoms with Crippen LogP contribution < -0.4 is 10.6 Å². The molecule has 2 fully saturated rings. The summed E-state index contributed by atoms with van der Waals surface area (Å²) in [7, 11) is 0. The average molecular weight is 211 g/mol.